The van der Waals surface area contributed by atoms with Gasteiger partial charge in [-0.1, -0.05) is 0 Å². The maximum absolute atomic E-state index is 13.1. The Morgan fingerprint density at radius 2 is 1.86 bits per heavy atom. The van der Waals surface area contributed by atoms with Gasteiger partial charge < -0.3 is 20.9 Å². The second kappa shape index (κ2) is 7.01. The van der Waals surface area contributed by atoms with Gasteiger partial charge in [-0.25, -0.2) is 4.79 Å². The molecule has 3 amide bonds. The number of hydrogen-bond acceptors (Lipinski definition) is 3. The molecule has 0 radical (unpaired) electrons. The average Bonchev–Trinajstić information content (AvgIpc) is 2.43. The van der Waals surface area contributed by atoms with Crippen LogP contribution in [0.1, 0.15) is 5.56 Å². The van der Waals surface area contributed by atoms with Gasteiger partial charge in [0.1, 0.15) is 0 Å². The molecule has 0 bridgehead atoms. The number of anilines is 2. The zero-order valence-electron chi connectivity index (χ0n) is 12.3. The summed E-state index contributed by atoms with van der Waals surface area (Å²) in [5, 5.41) is 6.52. The van der Waals surface area contributed by atoms with E-state index in [1.165, 1.54) is 18.0 Å². The largest absolute Gasteiger partial charge is 0.418 e. The summed E-state index contributed by atoms with van der Waals surface area (Å²) in [6, 6.07) is 2.65. The smallest absolute Gasteiger partial charge is 0.378 e. The van der Waals surface area contributed by atoms with Gasteiger partial charge in [0, 0.05) is 26.8 Å². The quantitative estimate of drug-likeness (QED) is 0.790. The van der Waals surface area contributed by atoms with Crippen LogP contribution in [-0.4, -0.2) is 39.6 Å². The molecule has 0 aliphatic carbocycles. The molecule has 0 unspecified atom stereocenters. The first-order valence-corrected chi connectivity index (χ1v) is 6.29. The molecular weight excluding hydrogens is 301 g/mol. The number of alkyl halides is 3. The summed E-state index contributed by atoms with van der Waals surface area (Å²) >= 11 is 0. The first-order chi connectivity index (χ1) is 10.1. The second-order valence-electron chi connectivity index (χ2n) is 4.60. The molecule has 0 fully saturated rings. The van der Waals surface area contributed by atoms with Crippen LogP contribution in [0.2, 0.25) is 0 Å². The molecule has 0 saturated carbocycles. The third-order valence-corrected chi connectivity index (χ3v) is 2.76. The van der Waals surface area contributed by atoms with Crippen molar-refractivity contribution in [3.8, 4) is 0 Å². The van der Waals surface area contributed by atoms with Crippen molar-refractivity contribution in [3.63, 3.8) is 0 Å². The molecule has 0 aromatic heterocycles. The van der Waals surface area contributed by atoms with E-state index >= 15 is 0 Å². The minimum atomic E-state index is -4.62. The molecule has 122 valence electrons. The fraction of sp³-hybridized carbons (Fsp3) is 0.385. The Morgan fingerprint density at radius 1 is 1.23 bits per heavy atom. The lowest BCUT2D eigenvalue weighted by Gasteiger charge is -2.18. The molecule has 1 aromatic carbocycles. The summed E-state index contributed by atoms with van der Waals surface area (Å²) < 4.78 is 39.2. The highest BCUT2D eigenvalue weighted by molar-refractivity contribution is 5.93. The standard InChI is InChI=1S/C13H17F3N4O2/c1-17-11(21)7-18-12(22)19-10-5-4-8(20(2)3)6-9(10)13(14,15)16/h4-6H,7H2,1-3H3,(H,17,21)(H2,18,19,22). The number of carbonyl (C=O) groups is 2. The third-order valence-electron chi connectivity index (χ3n) is 2.76. The Hall–Kier alpha value is -2.45. The van der Waals surface area contributed by atoms with Gasteiger partial charge in [0.2, 0.25) is 5.91 Å². The molecule has 3 N–H and O–H groups in total. The topological polar surface area (TPSA) is 73.5 Å². The van der Waals surface area contributed by atoms with Crippen LogP contribution >= 0.6 is 0 Å². The van der Waals surface area contributed by atoms with E-state index in [9.17, 15) is 22.8 Å². The predicted molar refractivity (Wildman–Crippen MR) is 76.9 cm³/mol. The van der Waals surface area contributed by atoms with Crippen LogP contribution in [0.15, 0.2) is 18.2 Å². The van der Waals surface area contributed by atoms with Crippen LogP contribution in [0.3, 0.4) is 0 Å². The van der Waals surface area contributed by atoms with Gasteiger partial charge in [-0.05, 0) is 18.2 Å². The highest BCUT2D eigenvalue weighted by Gasteiger charge is 2.34. The Labute approximate surface area is 125 Å². The maximum atomic E-state index is 13.1. The fourth-order valence-electron chi connectivity index (χ4n) is 1.57. The van der Waals surface area contributed by atoms with Gasteiger partial charge in [-0.2, -0.15) is 13.2 Å². The molecule has 0 saturated heterocycles. The van der Waals surface area contributed by atoms with Crippen molar-refractivity contribution in [2.45, 2.75) is 6.18 Å². The number of hydrogen-bond donors (Lipinski definition) is 3. The molecule has 0 aliphatic heterocycles. The van der Waals surface area contributed by atoms with E-state index in [1.807, 2.05) is 0 Å². The Kier molecular flexibility index (Phi) is 5.61. The van der Waals surface area contributed by atoms with Crippen molar-refractivity contribution >= 4 is 23.3 Å². The van der Waals surface area contributed by atoms with Gasteiger partial charge in [0.25, 0.3) is 0 Å². The maximum Gasteiger partial charge on any atom is 0.418 e. The summed E-state index contributed by atoms with van der Waals surface area (Å²) in [4.78, 5) is 24.0. The number of rotatable bonds is 4. The zero-order chi connectivity index (χ0) is 16.9. The first kappa shape index (κ1) is 17.6. The van der Waals surface area contributed by atoms with Crippen molar-refractivity contribution in [1.29, 1.82) is 0 Å². The van der Waals surface area contributed by atoms with Crippen LogP contribution in [0.4, 0.5) is 29.3 Å². The number of benzene rings is 1. The molecule has 1 aromatic rings. The van der Waals surface area contributed by atoms with E-state index in [2.05, 4.69) is 16.0 Å². The molecule has 6 nitrogen and oxygen atoms in total. The van der Waals surface area contributed by atoms with E-state index in [0.717, 1.165) is 12.1 Å². The summed E-state index contributed by atoms with van der Waals surface area (Å²) in [5.41, 5.74) is -0.995. The SMILES string of the molecule is CNC(=O)CNC(=O)Nc1ccc(N(C)C)cc1C(F)(F)F. The van der Waals surface area contributed by atoms with Gasteiger partial charge >= 0.3 is 12.2 Å². The zero-order valence-corrected chi connectivity index (χ0v) is 12.3. The lowest BCUT2D eigenvalue weighted by Crippen LogP contribution is -2.37. The lowest BCUT2D eigenvalue weighted by atomic mass is 10.1. The number of nitrogens with one attached hydrogen (secondary N) is 3. The van der Waals surface area contributed by atoms with Crippen LogP contribution in [-0.2, 0) is 11.0 Å². The molecule has 9 heteroatoms. The number of urea groups is 1. The number of nitrogens with zero attached hydrogens (tertiary/aromatic N) is 1. The van der Waals surface area contributed by atoms with Gasteiger partial charge in [-0.3, -0.25) is 4.79 Å². The van der Waals surface area contributed by atoms with Gasteiger partial charge in [0.15, 0.2) is 0 Å². The van der Waals surface area contributed by atoms with Crippen molar-refractivity contribution in [3.05, 3.63) is 23.8 Å². The molecular formula is C13H17F3N4O2. The third kappa shape index (κ3) is 4.83. The van der Waals surface area contributed by atoms with Crippen LogP contribution in [0.5, 0.6) is 0 Å². The summed E-state index contributed by atoms with van der Waals surface area (Å²) in [7, 11) is 4.60. The number of carbonyl (C=O) groups excluding carboxylic acids is 2. The van der Waals surface area contributed by atoms with Crippen LogP contribution in [0, 0.1) is 0 Å². The van der Waals surface area contributed by atoms with Crippen molar-refractivity contribution in [1.82, 2.24) is 10.6 Å². The highest BCUT2D eigenvalue weighted by Crippen LogP contribution is 2.37. The number of halogens is 3. The fourth-order valence-corrected chi connectivity index (χ4v) is 1.57. The van der Waals surface area contributed by atoms with E-state index < -0.39 is 23.7 Å². The molecule has 0 atom stereocenters. The molecule has 0 spiro atoms. The number of likely N-dealkylation sites (N-methyl/N-ethyl adjacent to an activating group) is 1. The lowest BCUT2D eigenvalue weighted by molar-refractivity contribution is -0.136. The van der Waals surface area contributed by atoms with Crippen LogP contribution in [0.25, 0.3) is 0 Å². The minimum Gasteiger partial charge on any atom is -0.378 e. The first-order valence-electron chi connectivity index (χ1n) is 6.29. The Bertz CT molecular complexity index is 559. The second-order valence-corrected chi connectivity index (χ2v) is 4.60. The van der Waals surface area contributed by atoms with Crippen molar-refractivity contribution in [2.75, 3.05) is 37.9 Å². The molecule has 1 rings (SSSR count). The van der Waals surface area contributed by atoms with E-state index in [-0.39, 0.29) is 12.2 Å². The van der Waals surface area contributed by atoms with Gasteiger partial charge in [-0.15, -0.1) is 0 Å². The minimum absolute atomic E-state index is 0.334. The summed E-state index contributed by atoms with van der Waals surface area (Å²) in [6.07, 6.45) is -4.62. The Balaban J connectivity index is 2.94. The molecule has 0 heterocycles. The van der Waals surface area contributed by atoms with Gasteiger partial charge in [0.05, 0.1) is 17.8 Å². The predicted octanol–water partition coefficient (Wildman–Crippen LogP) is 1.64. The monoisotopic (exact) mass is 318 g/mol. The highest BCUT2D eigenvalue weighted by atomic mass is 19.4. The Morgan fingerprint density at radius 3 is 2.36 bits per heavy atom. The molecule has 0 aliphatic rings. The normalized spacial score (nSPS) is 10.8. The summed E-state index contributed by atoms with van der Waals surface area (Å²) in [6.45, 7) is -0.334. The average molecular weight is 318 g/mol. The number of amides is 3. The van der Waals surface area contributed by atoms with Crippen molar-refractivity contribution in [2.24, 2.45) is 0 Å². The molecule has 22 heavy (non-hydrogen) atoms. The summed E-state index contributed by atoms with van der Waals surface area (Å²) in [5.74, 6) is -0.464. The van der Waals surface area contributed by atoms with E-state index in [1.54, 1.807) is 14.1 Å². The van der Waals surface area contributed by atoms with Crippen molar-refractivity contribution < 1.29 is 22.8 Å². The van der Waals surface area contributed by atoms with Crippen LogP contribution < -0.4 is 20.9 Å². The van der Waals surface area contributed by atoms with E-state index in [4.69, 9.17) is 0 Å². The van der Waals surface area contributed by atoms with E-state index in [0.29, 0.717) is 5.69 Å².